The minimum Gasteiger partial charge on any atom is -0.491 e. The molecule has 4 nitrogen and oxygen atoms in total. The Morgan fingerprint density at radius 1 is 1.25 bits per heavy atom. The van der Waals surface area contributed by atoms with Gasteiger partial charge in [0, 0.05) is 18.7 Å². The Morgan fingerprint density at radius 3 is 2.50 bits per heavy atom. The van der Waals surface area contributed by atoms with Crippen LogP contribution in [0.1, 0.15) is 27.7 Å². The summed E-state index contributed by atoms with van der Waals surface area (Å²) in [5.74, 6) is 0.130. The van der Waals surface area contributed by atoms with Gasteiger partial charge in [0.2, 0.25) is 0 Å². The Labute approximate surface area is 120 Å². The third kappa shape index (κ3) is 4.56. The molecule has 0 saturated heterocycles. The highest BCUT2D eigenvalue weighted by Crippen LogP contribution is 2.29. The minimum absolute atomic E-state index is 0.109. The van der Waals surface area contributed by atoms with Crippen LogP contribution in [-0.4, -0.2) is 25.9 Å². The number of nitrogen functional groups attached to an aromatic ring is 1. The van der Waals surface area contributed by atoms with Gasteiger partial charge in [0.1, 0.15) is 0 Å². The molecule has 3 N–H and O–H groups in total. The molecule has 1 aromatic carbocycles. The van der Waals surface area contributed by atoms with Crippen LogP contribution >= 0.6 is 0 Å². The molecule has 0 saturated carbocycles. The van der Waals surface area contributed by atoms with Crippen LogP contribution in [0.15, 0.2) is 12.1 Å². The second kappa shape index (κ2) is 7.94. The van der Waals surface area contributed by atoms with Crippen LogP contribution in [0.2, 0.25) is 0 Å². The lowest BCUT2D eigenvalue weighted by Gasteiger charge is -2.24. The van der Waals surface area contributed by atoms with Crippen molar-refractivity contribution in [2.24, 2.45) is 5.92 Å². The molecular weight excluding hydrogens is 259 g/mol. The maximum absolute atomic E-state index is 13.7. The predicted octanol–water partition coefficient (Wildman–Crippen LogP) is 3.28. The van der Waals surface area contributed by atoms with Crippen molar-refractivity contribution in [1.82, 2.24) is 0 Å². The third-order valence-electron chi connectivity index (χ3n) is 3.05. The summed E-state index contributed by atoms with van der Waals surface area (Å²) in [6.07, 6.45) is 0. The molecule has 5 heteroatoms. The first-order valence-corrected chi connectivity index (χ1v) is 7.05. The first-order valence-electron chi connectivity index (χ1n) is 7.05. The summed E-state index contributed by atoms with van der Waals surface area (Å²) in [5.41, 5.74) is 6.91. The van der Waals surface area contributed by atoms with Crippen molar-refractivity contribution < 1.29 is 13.9 Å². The maximum Gasteiger partial charge on any atom is 0.167 e. The van der Waals surface area contributed by atoms with Crippen molar-refractivity contribution in [1.29, 1.82) is 0 Å². The van der Waals surface area contributed by atoms with E-state index in [0.717, 1.165) is 0 Å². The molecule has 0 bridgehead atoms. The summed E-state index contributed by atoms with van der Waals surface area (Å²) in [4.78, 5) is 0. The number of benzene rings is 1. The van der Waals surface area contributed by atoms with E-state index in [1.54, 1.807) is 6.07 Å². The van der Waals surface area contributed by atoms with Gasteiger partial charge in [-0.2, -0.15) is 0 Å². The van der Waals surface area contributed by atoms with Gasteiger partial charge < -0.3 is 20.5 Å². The topological polar surface area (TPSA) is 56.5 Å². The molecular formula is C15H25FN2O2. The van der Waals surface area contributed by atoms with Gasteiger partial charge in [0.15, 0.2) is 11.6 Å². The highest BCUT2D eigenvalue weighted by Gasteiger charge is 2.16. The van der Waals surface area contributed by atoms with E-state index in [-0.39, 0.29) is 11.8 Å². The zero-order chi connectivity index (χ0) is 15.1. The van der Waals surface area contributed by atoms with Gasteiger partial charge in [0.05, 0.1) is 30.6 Å². The van der Waals surface area contributed by atoms with Crippen molar-refractivity contribution in [2.45, 2.75) is 33.7 Å². The second-order valence-corrected chi connectivity index (χ2v) is 4.96. The van der Waals surface area contributed by atoms with E-state index in [2.05, 4.69) is 19.2 Å². The van der Waals surface area contributed by atoms with Crippen LogP contribution in [0, 0.1) is 11.7 Å². The standard InChI is InChI=1S/C15H25FN2O2/c1-5-19-9-14(10(3)4)18-13-8-15(20-6-2)11(16)7-12(13)17/h7-8,10,14,18H,5-6,9,17H2,1-4H3. The molecule has 1 atom stereocenters. The van der Waals surface area contributed by atoms with Gasteiger partial charge in [-0.1, -0.05) is 13.8 Å². The maximum atomic E-state index is 13.7. The number of nitrogens with one attached hydrogen (secondary N) is 1. The fourth-order valence-electron chi connectivity index (χ4n) is 1.81. The number of ether oxygens (including phenoxy) is 2. The summed E-state index contributed by atoms with van der Waals surface area (Å²) in [6.45, 7) is 9.61. The van der Waals surface area contributed by atoms with Gasteiger partial charge in [0.25, 0.3) is 0 Å². The number of rotatable bonds is 8. The molecule has 0 aliphatic carbocycles. The molecule has 0 amide bonds. The lowest BCUT2D eigenvalue weighted by atomic mass is 10.0. The second-order valence-electron chi connectivity index (χ2n) is 4.96. The Kier molecular flexibility index (Phi) is 6.58. The molecule has 0 aromatic heterocycles. The summed E-state index contributed by atoms with van der Waals surface area (Å²) < 4.78 is 24.4. The lowest BCUT2D eigenvalue weighted by Crippen LogP contribution is -2.31. The molecule has 0 radical (unpaired) electrons. The SMILES string of the molecule is CCOCC(Nc1cc(OCC)c(F)cc1N)C(C)C. The van der Waals surface area contributed by atoms with Crippen molar-refractivity contribution >= 4 is 11.4 Å². The van der Waals surface area contributed by atoms with Gasteiger partial charge in [-0.25, -0.2) is 4.39 Å². The molecule has 20 heavy (non-hydrogen) atoms. The van der Waals surface area contributed by atoms with Crippen molar-refractivity contribution in [3.8, 4) is 5.75 Å². The number of hydrogen-bond donors (Lipinski definition) is 2. The average Bonchev–Trinajstić information content (AvgIpc) is 2.39. The van der Waals surface area contributed by atoms with E-state index >= 15 is 0 Å². The minimum atomic E-state index is -0.444. The molecule has 0 heterocycles. The van der Waals surface area contributed by atoms with E-state index in [9.17, 15) is 4.39 Å². The Balaban J connectivity index is 2.90. The molecule has 0 fully saturated rings. The number of anilines is 2. The largest absolute Gasteiger partial charge is 0.491 e. The summed E-state index contributed by atoms with van der Waals surface area (Å²) >= 11 is 0. The van der Waals surface area contributed by atoms with E-state index in [4.69, 9.17) is 15.2 Å². The highest BCUT2D eigenvalue weighted by atomic mass is 19.1. The van der Waals surface area contributed by atoms with E-state index < -0.39 is 5.82 Å². The molecule has 1 aromatic rings. The Bertz CT molecular complexity index is 425. The Hall–Kier alpha value is -1.49. The lowest BCUT2D eigenvalue weighted by molar-refractivity contribution is 0.127. The molecule has 114 valence electrons. The first kappa shape index (κ1) is 16.6. The van der Waals surface area contributed by atoms with Crippen molar-refractivity contribution in [3.63, 3.8) is 0 Å². The quantitative estimate of drug-likeness (QED) is 0.719. The molecule has 1 rings (SSSR count). The van der Waals surface area contributed by atoms with Gasteiger partial charge in [-0.15, -0.1) is 0 Å². The summed E-state index contributed by atoms with van der Waals surface area (Å²) in [6, 6.07) is 3.00. The van der Waals surface area contributed by atoms with Crippen LogP contribution in [0.25, 0.3) is 0 Å². The van der Waals surface area contributed by atoms with Crippen LogP contribution in [0.4, 0.5) is 15.8 Å². The summed E-state index contributed by atoms with van der Waals surface area (Å²) in [5, 5.41) is 3.31. The molecule has 0 aliphatic heterocycles. The predicted molar refractivity (Wildman–Crippen MR) is 80.7 cm³/mol. The average molecular weight is 284 g/mol. The number of hydrogen-bond acceptors (Lipinski definition) is 4. The van der Waals surface area contributed by atoms with Crippen LogP contribution in [0.5, 0.6) is 5.75 Å². The van der Waals surface area contributed by atoms with Gasteiger partial charge in [-0.3, -0.25) is 0 Å². The van der Waals surface area contributed by atoms with Crippen molar-refractivity contribution in [2.75, 3.05) is 30.9 Å². The fraction of sp³-hybridized carbons (Fsp3) is 0.600. The number of halogens is 1. The van der Waals surface area contributed by atoms with E-state index in [1.165, 1.54) is 6.07 Å². The normalized spacial score (nSPS) is 12.5. The van der Waals surface area contributed by atoms with Gasteiger partial charge in [-0.05, 0) is 19.8 Å². The van der Waals surface area contributed by atoms with Crippen molar-refractivity contribution in [3.05, 3.63) is 17.9 Å². The van der Waals surface area contributed by atoms with Crippen LogP contribution in [0.3, 0.4) is 0 Å². The van der Waals surface area contributed by atoms with Crippen LogP contribution in [-0.2, 0) is 4.74 Å². The third-order valence-corrected chi connectivity index (χ3v) is 3.05. The highest BCUT2D eigenvalue weighted by molar-refractivity contribution is 5.69. The van der Waals surface area contributed by atoms with E-state index in [0.29, 0.717) is 37.1 Å². The monoisotopic (exact) mass is 284 g/mol. The zero-order valence-electron chi connectivity index (χ0n) is 12.7. The number of nitrogens with two attached hydrogens (primary N) is 1. The molecule has 0 aliphatic rings. The zero-order valence-corrected chi connectivity index (χ0v) is 12.7. The molecule has 0 spiro atoms. The smallest absolute Gasteiger partial charge is 0.167 e. The van der Waals surface area contributed by atoms with Gasteiger partial charge >= 0.3 is 0 Å². The van der Waals surface area contributed by atoms with E-state index in [1.807, 2.05) is 13.8 Å². The van der Waals surface area contributed by atoms with Crippen LogP contribution < -0.4 is 15.8 Å². The first-order chi connectivity index (χ1) is 9.49. The fourth-order valence-corrected chi connectivity index (χ4v) is 1.81. The Morgan fingerprint density at radius 2 is 1.95 bits per heavy atom. The summed E-state index contributed by atoms with van der Waals surface area (Å²) in [7, 11) is 0. The molecule has 1 unspecified atom stereocenters.